The lowest BCUT2D eigenvalue weighted by Gasteiger charge is -2.48. The summed E-state index contributed by atoms with van der Waals surface area (Å²) >= 11 is 6.29. The predicted octanol–water partition coefficient (Wildman–Crippen LogP) is 3.32. The molecule has 0 unspecified atom stereocenters. The Morgan fingerprint density at radius 2 is 1.72 bits per heavy atom. The van der Waals surface area contributed by atoms with Gasteiger partial charge in [-0.3, -0.25) is 0 Å². The zero-order valence-corrected chi connectivity index (χ0v) is 12.2. The van der Waals surface area contributed by atoms with Gasteiger partial charge < -0.3 is 15.4 Å². The Balaban J connectivity index is 2.32. The monoisotopic (exact) mass is 268 g/mol. The van der Waals surface area contributed by atoms with E-state index in [0.717, 1.165) is 18.8 Å². The molecule has 1 heterocycles. The Kier molecular flexibility index (Phi) is 3.24. The molecule has 100 valence electrons. The van der Waals surface area contributed by atoms with E-state index in [-0.39, 0.29) is 11.2 Å². The van der Waals surface area contributed by atoms with Gasteiger partial charge in [0.2, 0.25) is 0 Å². The third kappa shape index (κ3) is 2.90. The number of nitrogen functional groups attached to an aromatic ring is 1. The quantitative estimate of drug-likeness (QED) is 0.794. The van der Waals surface area contributed by atoms with Crippen LogP contribution in [0.25, 0.3) is 0 Å². The number of hydrogen-bond acceptors (Lipinski definition) is 3. The first-order chi connectivity index (χ1) is 8.19. The van der Waals surface area contributed by atoms with Gasteiger partial charge in [0.15, 0.2) is 0 Å². The van der Waals surface area contributed by atoms with E-state index in [2.05, 4.69) is 32.6 Å². The summed E-state index contributed by atoms with van der Waals surface area (Å²) in [5, 5.41) is 0.698. The molecule has 1 fully saturated rings. The summed E-state index contributed by atoms with van der Waals surface area (Å²) in [7, 11) is 0. The minimum absolute atomic E-state index is 0.188. The van der Waals surface area contributed by atoms with Gasteiger partial charge in [0.05, 0.1) is 21.9 Å². The van der Waals surface area contributed by atoms with E-state index in [1.54, 1.807) is 6.07 Å². The van der Waals surface area contributed by atoms with Crippen LogP contribution in [-0.2, 0) is 4.74 Å². The molecule has 18 heavy (non-hydrogen) atoms. The van der Waals surface area contributed by atoms with Crippen LogP contribution in [0.4, 0.5) is 11.4 Å². The summed E-state index contributed by atoms with van der Waals surface area (Å²) in [6.45, 7) is 10.1. The highest BCUT2D eigenvalue weighted by Crippen LogP contribution is 2.35. The number of halogens is 1. The molecule has 0 bridgehead atoms. The molecule has 0 saturated carbocycles. The predicted molar refractivity (Wildman–Crippen MR) is 77.3 cm³/mol. The fraction of sp³-hybridized carbons (Fsp3) is 0.571. The second kappa shape index (κ2) is 4.32. The maximum atomic E-state index is 6.29. The topological polar surface area (TPSA) is 38.5 Å². The van der Waals surface area contributed by atoms with Crippen LogP contribution in [0.3, 0.4) is 0 Å². The number of morpholine rings is 1. The third-order valence-electron chi connectivity index (χ3n) is 3.01. The van der Waals surface area contributed by atoms with E-state index in [0.29, 0.717) is 10.7 Å². The first-order valence-electron chi connectivity index (χ1n) is 6.19. The van der Waals surface area contributed by atoms with Gasteiger partial charge in [0.1, 0.15) is 0 Å². The molecule has 0 aliphatic carbocycles. The van der Waals surface area contributed by atoms with Gasteiger partial charge >= 0.3 is 0 Å². The fourth-order valence-electron chi connectivity index (χ4n) is 2.74. The zero-order valence-electron chi connectivity index (χ0n) is 11.5. The SMILES string of the molecule is CC1(C)CN(c2ccc(N)cc2Cl)CC(C)(C)O1. The van der Waals surface area contributed by atoms with Crippen molar-refractivity contribution in [1.29, 1.82) is 0 Å². The third-order valence-corrected chi connectivity index (χ3v) is 3.31. The zero-order chi connectivity index (χ0) is 13.6. The van der Waals surface area contributed by atoms with E-state index in [9.17, 15) is 0 Å². The largest absolute Gasteiger partial charge is 0.399 e. The standard InChI is InChI=1S/C14H21ClN2O/c1-13(2)8-17(9-14(3,4)18-13)12-6-5-10(16)7-11(12)15/h5-7H,8-9,16H2,1-4H3. The molecule has 2 rings (SSSR count). The summed E-state index contributed by atoms with van der Waals surface area (Å²) in [5.74, 6) is 0. The molecule has 0 radical (unpaired) electrons. The van der Waals surface area contributed by atoms with Crippen molar-refractivity contribution >= 4 is 23.0 Å². The van der Waals surface area contributed by atoms with Crippen molar-refractivity contribution in [1.82, 2.24) is 0 Å². The molecule has 1 aliphatic heterocycles. The first kappa shape index (κ1) is 13.5. The van der Waals surface area contributed by atoms with Crippen LogP contribution in [0.1, 0.15) is 27.7 Å². The van der Waals surface area contributed by atoms with Crippen LogP contribution in [0.5, 0.6) is 0 Å². The van der Waals surface area contributed by atoms with Crippen LogP contribution < -0.4 is 10.6 Å². The molecule has 3 nitrogen and oxygen atoms in total. The number of hydrogen-bond donors (Lipinski definition) is 1. The normalized spacial score (nSPS) is 21.9. The van der Waals surface area contributed by atoms with Gasteiger partial charge in [-0.05, 0) is 45.9 Å². The number of nitrogens with two attached hydrogens (primary N) is 1. The molecule has 2 N–H and O–H groups in total. The summed E-state index contributed by atoms with van der Waals surface area (Å²) in [4.78, 5) is 2.27. The van der Waals surface area contributed by atoms with Gasteiger partial charge in [-0.1, -0.05) is 11.6 Å². The second-order valence-corrected chi connectivity index (χ2v) is 6.60. The minimum atomic E-state index is -0.188. The summed E-state index contributed by atoms with van der Waals surface area (Å²) in [6.07, 6.45) is 0. The first-order valence-corrected chi connectivity index (χ1v) is 6.57. The van der Waals surface area contributed by atoms with Crippen molar-refractivity contribution in [2.75, 3.05) is 23.7 Å². The number of ether oxygens (including phenoxy) is 1. The van der Waals surface area contributed by atoms with Gasteiger partial charge in [-0.25, -0.2) is 0 Å². The van der Waals surface area contributed by atoms with E-state index in [1.165, 1.54) is 0 Å². The van der Waals surface area contributed by atoms with Crippen molar-refractivity contribution in [3.05, 3.63) is 23.2 Å². The lowest BCUT2D eigenvalue weighted by atomic mass is 9.98. The number of rotatable bonds is 1. The smallest absolute Gasteiger partial charge is 0.0808 e. The molecule has 4 heteroatoms. The minimum Gasteiger partial charge on any atom is -0.399 e. The van der Waals surface area contributed by atoms with Gasteiger partial charge in [0.25, 0.3) is 0 Å². The Bertz CT molecular complexity index is 441. The Morgan fingerprint density at radius 3 is 2.22 bits per heavy atom. The Hall–Kier alpha value is -0.930. The van der Waals surface area contributed by atoms with Crippen LogP contribution in [0.2, 0.25) is 5.02 Å². The highest BCUT2D eigenvalue weighted by atomic mass is 35.5. The number of nitrogens with zero attached hydrogens (tertiary/aromatic N) is 1. The second-order valence-electron chi connectivity index (χ2n) is 6.19. The van der Waals surface area contributed by atoms with Gasteiger partial charge in [-0.15, -0.1) is 0 Å². The maximum absolute atomic E-state index is 6.29. The lowest BCUT2D eigenvalue weighted by Crippen LogP contribution is -2.57. The van der Waals surface area contributed by atoms with Crippen LogP contribution in [-0.4, -0.2) is 24.3 Å². The molecule has 1 aromatic carbocycles. The van der Waals surface area contributed by atoms with E-state index in [1.807, 2.05) is 12.1 Å². The van der Waals surface area contributed by atoms with Crippen LogP contribution >= 0.6 is 11.6 Å². The number of anilines is 2. The van der Waals surface area contributed by atoms with Crippen molar-refractivity contribution < 1.29 is 4.74 Å². The van der Waals surface area contributed by atoms with Gasteiger partial charge in [-0.2, -0.15) is 0 Å². The van der Waals surface area contributed by atoms with Crippen LogP contribution in [0.15, 0.2) is 18.2 Å². The molecule has 0 aromatic heterocycles. The highest BCUT2D eigenvalue weighted by molar-refractivity contribution is 6.33. The summed E-state index contributed by atoms with van der Waals surface area (Å²) in [6, 6.07) is 5.66. The molecule has 1 aliphatic rings. The molecule has 0 amide bonds. The summed E-state index contributed by atoms with van der Waals surface area (Å²) in [5.41, 5.74) is 7.07. The number of benzene rings is 1. The van der Waals surface area contributed by atoms with E-state index in [4.69, 9.17) is 22.1 Å². The van der Waals surface area contributed by atoms with Crippen LogP contribution in [0, 0.1) is 0 Å². The van der Waals surface area contributed by atoms with Crippen molar-refractivity contribution in [2.45, 2.75) is 38.9 Å². The summed E-state index contributed by atoms with van der Waals surface area (Å²) < 4.78 is 6.07. The van der Waals surface area contributed by atoms with Crippen molar-refractivity contribution in [3.8, 4) is 0 Å². The average Bonchev–Trinajstić information content (AvgIpc) is 2.11. The van der Waals surface area contributed by atoms with Crippen molar-refractivity contribution in [3.63, 3.8) is 0 Å². The maximum Gasteiger partial charge on any atom is 0.0808 e. The average molecular weight is 269 g/mol. The molecular weight excluding hydrogens is 248 g/mol. The van der Waals surface area contributed by atoms with Crippen molar-refractivity contribution in [2.24, 2.45) is 0 Å². The Labute approximate surface area is 114 Å². The van der Waals surface area contributed by atoms with Gasteiger partial charge in [0, 0.05) is 18.8 Å². The van der Waals surface area contributed by atoms with E-state index < -0.39 is 0 Å². The lowest BCUT2D eigenvalue weighted by molar-refractivity contribution is -0.133. The fourth-order valence-corrected chi connectivity index (χ4v) is 3.05. The van der Waals surface area contributed by atoms with E-state index >= 15 is 0 Å². The highest BCUT2D eigenvalue weighted by Gasteiger charge is 2.38. The molecule has 0 atom stereocenters. The Morgan fingerprint density at radius 1 is 1.17 bits per heavy atom. The molecule has 1 saturated heterocycles. The molecule has 1 aromatic rings. The molecular formula is C14H21ClN2O. The molecule has 0 spiro atoms.